The number of carbonyl (C=O) groups is 3. The molecule has 0 bridgehead atoms. The molecule has 0 spiro atoms. The van der Waals surface area contributed by atoms with Crippen molar-refractivity contribution in [3.05, 3.63) is 141 Å². The van der Waals surface area contributed by atoms with Gasteiger partial charge in [0.15, 0.2) is 11.6 Å². The minimum Gasteiger partial charge on any atom is -0.483 e. The highest BCUT2D eigenvalue weighted by atomic mass is 35.5. The molecule has 2 heterocycles. The summed E-state index contributed by atoms with van der Waals surface area (Å²) < 4.78 is 33.3. The Balaban J connectivity index is 0.000000312. The van der Waals surface area contributed by atoms with E-state index >= 15 is 0 Å². The SMILES string of the molecule is CCOC=O.N#C/C=C/c1cc(F)c(Nc2nc(Nc3ccc(C#N)cc3)ncc2N)c(Cl)c1.N#C/C=C/c1cc(F)c(Nc2nc(Nc3ccc(C#N)cc3)ncc2NC=O)c(Cl)c1.O=CO. The van der Waals surface area contributed by atoms with Crippen LogP contribution in [0.2, 0.25) is 10.0 Å². The normalized spacial score (nSPS) is 9.72. The fourth-order valence-electron chi connectivity index (χ4n) is 4.96. The molecule has 0 fully saturated rings. The van der Waals surface area contributed by atoms with E-state index in [1.54, 1.807) is 55.5 Å². The van der Waals surface area contributed by atoms with Crippen molar-refractivity contribution in [1.82, 2.24) is 19.9 Å². The van der Waals surface area contributed by atoms with Crippen LogP contribution >= 0.6 is 23.2 Å². The highest BCUT2D eigenvalue weighted by Gasteiger charge is 2.16. The van der Waals surface area contributed by atoms with Crippen LogP contribution in [0.3, 0.4) is 0 Å². The number of hydrogen-bond donors (Lipinski definition) is 7. The zero-order valence-electron chi connectivity index (χ0n) is 35.1. The third-order valence-electron chi connectivity index (χ3n) is 7.91. The molecule has 0 saturated heterocycles. The van der Waals surface area contributed by atoms with Crippen LogP contribution in [0.5, 0.6) is 0 Å². The standard InChI is InChI=1S/C21H13ClFN7O.C20H13ClFN7.C3H6O2.CH2O2/c22-16-8-14(2-1-7-24)9-17(23)19(16)29-20-18(27-12-31)11-26-21(30-20)28-15-5-3-13(10-25)4-6-15;21-15-8-13(2-1-7-23)9-16(22)18(15)28-19-17(25)11-26-20(29-19)27-14-5-3-12(10-24)4-6-14;1-2-5-3-4;2-1-3/h1-6,8-9,11-12H,(H,27,31)(H2,26,28,29,30);1-6,8-9,11H,25H2,(H2,26,27,28,29);3H,2H2,1H3;1H,(H,2,3)/b2*2-1+;;. The summed E-state index contributed by atoms with van der Waals surface area (Å²) in [5.41, 5.74) is 9.39. The van der Waals surface area contributed by atoms with Crippen LogP contribution in [0.4, 0.5) is 66.4 Å². The minimum absolute atomic E-state index is 0.00417. The number of amides is 1. The molecular formula is C45H34Cl2F2N14O5. The average Bonchev–Trinajstić information content (AvgIpc) is 3.33. The maximum absolute atomic E-state index is 14.6. The molecule has 0 atom stereocenters. The van der Waals surface area contributed by atoms with E-state index in [0.717, 1.165) is 0 Å². The molecule has 6 rings (SSSR count). The number of nitrogens with zero attached hydrogens (tertiary/aromatic N) is 8. The van der Waals surface area contributed by atoms with E-state index in [9.17, 15) is 18.4 Å². The van der Waals surface area contributed by atoms with Gasteiger partial charge in [0.1, 0.15) is 17.3 Å². The molecule has 0 aliphatic heterocycles. The third kappa shape index (κ3) is 16.8. The Bertz CT molecular complexity index is 2890. The third-order valence-corrected chi connectivity index (χ3v) is 8.51. The Morgan fingerprint density at radius 1 is 0.706 bits per heavy atom. The second kappa shape index (κ2) is 28.2. The van der Waals surface area contributed by atoms with E-state index in [1.807, 2.05) is 24.3 Å². The number of hydrogen-bond acceptors (Lipinski definition) is 17. The van der Waals surface area contributed by atoms with Crippen molar-refractivity contribution in [3.63, 3.8) is 0 Å². The van der Waals surface area contributed by atoms with Gasteiger partial charge in [0.05, 0.1) is 81.5 Å². The van der Waals surface area contributed by atoms with Crippen molar-refractivity contribution in [1.29, 1.82) is 21.0 Å². The number of rotatable bonds is 14. The highest BCUT2D eigenvalue weighted by Crippen LogP contribution is 2.34. The smallest absolute Gasteiger partial charge is 0.293 e. The Morgan fingerprint density at radius 2 is 1.15 bits per heavy atom. The number of aromatic nitrogens is 4. The van der Waals surface area contributed by atoms with Crippen LogP contribution in [-0.4, -0.2) is 51.0 Å². The quantitative estimate of drug-likeness (QED) is 0.0395. The van der Waals surface area contributed by atoms with E-state index in [4.69, 9.17) is 59.9 Å². The summed E-state index contributed by atoms with van der Waals surface area (Å²) in [4.78, 5) is 45.2. The Hall–Kier alpha value is -9.67. The van der Waals surface area contributed by atoms with Crippen LogP contribution in [0.15, 0.2) is 97.3 Å². The van der Waals surface area contributed by atoms with Gasteiger partial charge in [-0.1, -0.05) is 23.2 Å². The Morgan fingerprint density at radius 3 is 1.53 bits per heavy atom. The number of nitriles is 4. The molecule has 2 aromatic heterocycles. The van der Waals surface area contributed by atoms with Gasteiger partial charge >= 0.3 is 0 Å². The number of carboxylic acid groups (broad SMARTS) is 1. The zero-order chi connectivity index (χ0) is 49.8. The molecule has 0 saturated carbocycles. The highest BCUT2D eigenvalue weighted by molar-refractivity contribution is 6.34. The van der Waals surface area contributed by atoms with Gasteiger partial charge < -0.3 is 42.2 Å². The lowest BCUT2D eigenvalue weighted by molar-refractivity contribution is -0.128. The van der Waals surface area contributed by atoms with Gasteiger partial charge in [-0.2, -0.15) is 31.0 Å². The number of anilines is 10. The number of allylic oxidation sites excluding steroid dienone is 2. The zero-order valence-corrected chi connectivity index (χ0v) is 36.6. The van der Waals surface area contributed by atoms with Gasteiger partial charge in [-0.05, 0) is 103 Å². The molecule has 0 radical (unpaired) electrons. The second-order valence-electron chi connectivity index (χ2n) is 12.4. The number of nitrogens with one attached hydrogen (secondary N) is 5. The van der Waals surface area contributed by atoms with Crippen molar-refractivity contribution in [2.45, 2.75) is 6.92 Å². The van der Waals surface area contributed by atoms with Gasteiger partial charge in [0, 0.05) is 23.5 Å². The summed E-state index contributed by atoms with van der Waals surface area (Å²) in [5.74, 6) is -0.668. The Kier molecular flexibility index (Phi) is 21.8. The maximum Gasteiger partial charge on any atom is 0.293 e. The fraction of sp³-hybridized carbons (Fsp3) is 0.0444. The summed E-state index contributed by atoms with van der Waals surface area (Å²) >= 11 is 12.4. The van der Waals surface area contributed by atoms with Crippen LogP contribution in [0.1, 0.15) is 29.2 Å². The van der Waals surface area contributed by atoms with Gasteiger partial charge in [-0.3, -0.25) is 14.4 Å². The number of ether oxygens (including phenoxy) is 1. The largest absolute Gasteiger partial charge is 0.483 e. The topological polar surface area (TPSA) is 314 Å². The number of nitrogen functional groups attached to an aromatic ring is 1. The number of halogens is 4. The van der Waals surface area contributed by atoms with Gasteiger partial charge in [-0.25, -0.2) is 18.7 Å². The van der Waals surface area contributed by atoms with E-state index < -0.39 is 11.6 Å². The molecule has 1 amide bonds. The molecule has 0 unspecified atom stereocenters. The van der Waals surface area contributed by atoms with E-state index in [2.05, 4.69) is 51.3 Å². The molecule has 8 N–H and O–H groups in total. The minimum atomic E-state index is -0.678. The molecule has 23 heteroatoms. The van der Waals surface area contributed by atoms with Crippen molar-refractivity contribution < 1.29 is 33.0 Å². The molecule has 68 heavy (non-hydrogen) atoms. The van der Waals surface area contributed by atoms with Crippen molar-refractivity contribution in [3.8, 4) is 24.3 Å². The molecule has 0 aliphatic carbocycles. The first kappa shape index (κ1) is 52.7. The Labute approximate surface area is 396 Å². The van der Waals surface area contributed by atoms with E-state index in [1.165, 1.54) is 61.0 Å². The predicted molar refractivity (Wildman–Crippen MR) is 252 cm³/mol. The molecule has 4 aromatic carbocycles. The van der Waals surface area contributed by atoms with Gasteiger partial charge in [-0.15, -0.1) is 0 Å². The maximum atomic E-state index is 14.6. The van der Waals surface area contributed by atoms with Gasteiger partial charge in [0.2, 0.25) is 18.3 Å². The van der Waals surface area contributed by atoms with E-state index in [0.29, 0.717) is 53.1 Å². The molecule has 19 nitrogen and oxygen atoms in total. The molecular weight excluding hydrogens is 925 g/mol. The van der Waals surface area contributed by atoms with Crippen molar-refractivity contribution in [2.75, 3.05) is 38.9 Å². The first-order valence-electron chi connectivity index (χ1n) is 18.9. The van der Waals surface area contributed by atoms with Gasteiger partial charge in [0.25, 0.3) is 12.9 Å². The lowest BCUT2D eigenvalue weighted by Gasteiger charge is -2.14. The lowest BCUT2D eigenvalue weighted by atomic mass is 10.2. The summed E-state index contributed by atoms with van der Waals surface area (Å²) in [7, 11) is 0. The predicted octanol–water partition coefficient (Wildman–Crippen LogP) is 9.36. The number of nitrogens with two attached hydrogens (primary N) is 1. The van der Waals surface area contributed by atoms with Crippen molar-refractivity contribution >= 4 is 112 Å². The number of benzene rings is 4. The van der Waals surface area contributed by atoms with Crippen LogP contribution < -0.4 is 32.3 Å². The lowest BCUT2D eigenvalue weighted by Crippen LogP contribution is -2.07. The summed E-state index contributed by atoms with van der Waals surface area (Å²) in [6.45, 7) is 2.41. The summed E-state index contributed by atoms with van der Waals surface area (Å²) in [6.07, 6.45) is 8.44. The van der Waals surface area contributed by atoms with E-state index in [-0.39, 0.29) is 62.8 Å². The van der Waals surface area contributed by atoms with Crippen LogP contribution in [0, 0.1) is 57.0 Å². The second-order valence-corrected chi connectivity index (χ2v) is 13.2. The molecule has 6 aromatic rings. The van der Waals surface area contributed by atoms with Crippen LogP contribution in [-0.2, 0) is 19.1 Å². The first-order chi connectivity index (χ1) is 32.9. The first-order valence-corrected chi connectivity index (χ1v) is 19.6. The average molecular weight is 960 g/mol. The summed E-state index contributed by atoms with van der Waals surface area (Å²) in [6, 6.07) is 26.4. The monoisotopic (exact) mass is 958 g/mol. The fourth-order valence-corrected chi connectivity index (χ4v) is 5.49. The number of carbonyl (C=O) groups excluding carboxylic acids is 2. The molecule has 0 aliphatic rings. The summed E-state index contributed by atoms with van der Waals surface area (Å²) in [5, 5.41) is 55.9. The molecule has 342 valence electrons. The van der Waals surface area contributed by atoms with Crippen molar-refractivity contribution in [2.24, 2.45) is 0 Å². The van der Waals surface area contributed by atoms with Crippen LogP contribution in [0.25, 0.3) is 12.2 Å².